The van der Waals surface area contributed by atoms with Gasteiger partial charge in [-0.05, 0) is 24.3 Å². The smallest absolute Gasteiger partial charge is 0.307 e. The molecule has 0 saturated carbocycles. The van der Waals surface area contributed by atoms with E-state index in [4.69, 9.17) is 24.4 Å². The first kappa shape index (κ1) is 24.4. The van der Waals surface area contributed by atoms with Crippen molar-refractivity contribution in [2.45, 2.75) is 0 Å². The van der Waals surface area contributed by atoms with E-state index in [0.717, 1.165) is 5.01 Å². The third kappa shape index (κ3) is 6.09. The zero-order chi connectivity index (χ0) is 24.0. The van der Waals surface area contributed by atoms with Crippen LogP contribution in [-0.2, 0) is 9.59 Å². The molecular weight excluding hydrogens is 458 g/mol. The van der Waals surface area contributed by atoms with E-state index in [9.17, 15) is 29.8 Å². The molecule has 2 aromatic carbocycles. The number of nitrogens with zero attached hydrogens (tertiary/aromatic N) is 4. The van der Waals surface area contributed by atoms with Crippen LogP contribution in [0.1, 0.15) is 11.1 Å². The molecule has 0 unspecified atom stereocenters. The first-order valence-corrected chi connectivity index (χ1v) is 9.69. The minimum absolute atomic E-state index is 0.0957. The number of nitro benzene ring substituents is 2. The van der Waals surface area contributed by atoms with Crippen LogP contribution in [0.25, 0.3) is 0 Å². The van der Waals surface area contributed by atoms with Crippen molar-refractivity contribution >= 4 is 57.5 Å². The van der Waals surface area contributed by atoms with E-state index >= 15 is 0 Å². The molecule has 0 atom stereocenters. The van der Waals surface area contributed by atoms with E-state index in [1.807, 2.05) is 0 Å². The van der Waals surface area contributed by atoms with E-state index in [1.165, 1.54) is 67.5 Å². The molecule has 2 aromatic rings. The Morgan fingerprint density at radius 1 is 0.844 bits per heavy atom. The van der Waals surface area contributed by atoms with Crippen LogP contribution < -0.4 is 5.43 Å². The fraction of sp³-hybridized carbons (Fsp3) is 0.158. The largest absolute Gasteiger partial charge is 0.357 e. The van der Waals surface area contributed by atoms with Crippen LogP contribution in [0.15, 0.2) is 48.5 Å². The summed E-state index contributed by atoms with van der Waals surface area (Å²) in [5.41, 5.74) is 3.07. The summed E-state index contributed by atoms with van der Waals surface area (Å²) in [6, 6.07) is 10.9. The number of non-ortho nitro benzene ring substituents is 2. The molecular formula is C19H17N5O6S2. The molecule has 0 heterocycles. The molecule has 2 rings (SSSR count). The fourth-order valence-corrected chi connectivity index (χ4v) is 2.87. The lowest BCUT2D eigenvalue weighted by Gasteiger charge is -2.22. The number of rotatable bonds is 7. The lowest BCUT2D eigenvalue weighted by molar-refractivity contribution is -0.385. The first-order chi connectivity index (χ1) is 15.0. The molecule has 0 aliphatic carbocycles. The molecule has 11 nitrogen and oxygen atoms in total. The SMILES string of the molecule is CN(CC(=O)C(=O)NN(C)C(=S)c1ccc([N+](=O)[O-])cc1)C(=S)c1ccc([N+](=O)[O-])cc1. The van der Waals surface area contributed by atoms with Gasteiger partial charge in [-0.1, -0.05) is 24.4 Å². The number of carbonyl (C=O) groups excluding carboxylic acids is 2. The molecule has 0 bridgehead atoms. The lowest BCUT2D eigenvalue weighted by Crippen LogP contribution is -2.48. The van der Waals surface area contributed by atoms with Gasteiger partial charge in [-0.3, -0.25) is 40.3 Å². The van der Waals surface area contributed by atoms with Crippen LogP contribution in [-0.4, -0.2) is 62.1 Å². The van der Waals surface area contributed by atoms with Crippen LogP contribution in [0.5, 0.6) is 0 Å². The monoisotopic (exact) mass is 475 g/mol. The summed E-state index contributed by atoms with van der Waals surface area (Å²) in [7, 11) is 2.94. The minimum Gasteiger partial charge on any atom is -0.357 e. The van der Waals surface area contributed by atoms with Gasteiger partial charge in [-0.15, -0.1) is 0 Å². The minimum atomic E-state index is -0.935. The Labute approximate surface area is 192 Å². The number of amides is 1. The predicted octanol–water partition coefficient (Wildman–Crippen LogP) is 2.02. The number of benzene rings is 2. The second-order valence-corrected chi connectivity index (χ2v) is 7.27. The van der Waals surface area contributed by atoms with Crippen LogP contribution >= 0.6 is 24.4 Å². The fourth-order valence-electron chi connectivity index (χ4n) is 2.49. The number of nitrogens with one attached hydrogen (secondary N) is 1. The second kappa shape index (κ2) is 10.5. The number of hydrogen-bond donors (Lipinski definition) is 1. The molecule has 13 heteroatoms. The second-order valence-electron chi connectivity index (χ2n) is 6.50. The third-order valence-corrected chi connectivity index (χ3v) is 5.26. The molecule has 0 spiro atoms. The highest BCUT2D eigenvalue weighted by Crippen LogP contribution is 2.14. The van der Waals surface area contributed by atoms with Crippen molar-refractivity contribution in [1.29, 1.82) is 0 Å². The van der Waals surface area contributed by atoms with Gasteiger partial charge in [-0.2, -0.15) is 0 Å². The summed E-state index contributed by atoms with van der Waals surface area (Å²) in [5.74, 6) is -1.73. The Morgan fingerprint density at radius 2 is 1.25 bits per heavy atom. The van der Waals surface area contributed by atoms with Crippen molar-refractivity contribution < 1.29 is 19.4 Å². The number of hydrogen-bond acceptors (Lipinski definition) is 8. The highest BCUT2D eigenvalue weighted by molar-refractivity contribution is 7.80. The van der Waals surface area contributed by atoms with E-state index in [-0.39, 0.29) is 27.9 Å². The quantitative estimate of drug-likeness (QED) is 0.274. The van der Waals surface area contributed by atoms with Crippen molar-refractivity contribution in [2.24, 2.45) is 0 Å². The molecule has 32 heavy (non-hydrogen) atoms. The average molecular weight is 476 g/mol. The Bertz CT molecular complexity index is 1000. The summed E-state index contributed by atoms with van der Waals surface area (Å²) < 4.78 is 0. The number of Topliss-reactive ketones (excluding diaryl/α,β-unsaturated/α-hetero) is 1. The van der Waals surface area contributed by atoms with Crippen molar-refractivity contribution in [3.05, 3.63) is 79.9 Å². The number of thiocarbonyl (C=S) groups is 2. The average Bonchev–Trinajstić information content (AvgIpc) is 2.77. The first-order valence-electron chi connectivity index (χ1n) is 8.87. The summed E-state index contributed by atoms with van der Waals surface area (Å²) in [6.45, 7) is -0.334. The number of likely N-dealkylation sites (N-methyl/N-ethyl adjacent to an activating group) is 1. The molecule has 0 radical (unpaired) electrons. The van der Waals surface area contributed by atoms with Gasteiger partial charge >= 0.3 is 5.91 Å². The van der Waals surface area contributed by atoms with Crippen LogP contribution in [0, 0.1) is 20.2 Å². The standard InChI is InChI=1S/C19H17N5O6S2/c1-21(18(31)12-3-7-14(8-4-12)23(27)28)11-16(25)17(26)20-22(2)19(32)13-5-9-15(10-6-13)24(29)30/h3-10H,11H2,1-2H3,(H,20,26). The summed E-state index contributed by atoms with van der Waals surface area (Å²) in [4.78, 5) is 46.7. The van der Waals surface area contributed by atoms with Gasteiger partial charge in [-0.25, -0.2) is 0 Å². The van der Waals surface area contributed by atoms with Gasteiger partial charge in [0.25, 0.3) is 11.4 Å². The van der Waals surface area contributed by atoms with Crippen LogP contribution in [0.4, 0.5) is 11.4 Å². The van der Waals surface area contributed by atoms with Crippen LogP contribution in [0.2, 0.25) is 0 Å². The molecule has 166 valence electrons. The molecule has 1 N–H and O–H groups in total. The summed E-state index contributed by atoms with van der Waals surface area (Å²) in [6.07, 6.45) is 0. The van der Waals surface area contributed by atoms with Gasteiger partial charge in [0, 0.05) is 49.5 Å². The molecule has 1 amide bonds. The summed E-state index contributed by atoms with van der Waals surface area (Å²) >= 11 is 10.5. The van der Waals surface area contributed by atoms with E-state index in [0.29, 0.717) is 11.1 Å². The van der Waals surface area contributed by atoms with Gasteiger partial charge in [0.1, 0.15) is 9.98 Å². The lowest BCUT2D eigenvalue weighted by atomic mass is 10.2. The Hall–Kier alpha value is -3.84. The highest BCUT2D eigenvalue weighted by atomic mass is 32.1. The van der Waals surface area contributed by atoms with Crippen molar-refractivity contribution in [1.82, 2.24) is 15.3 Å². The maximum atomic E-state index is 12.3. The van der Waals surface area contributed by atoms with Gasteiger partial charge in [0.2, 0.25) is 5.78 Å². The normalized spacial score (nSPS) is 10.1. The zero-order valence-electron chi connectivity index (χ0n) is 16.9. The van der Waals surface area contributed by atoms with Gasteiger partial charge in [0.15, 0.2) is 0 Å². The Morgan fingerprint density at radius 3 is 1.66 bits per heavy atom. The maximum Gasteiger partial charge on any atom is 0.307 e. The van der Waals surface area contributed by atoms with E-state index in [1.54, 1.807) is 0 Å². The van der Waals surface area contributed by atoms with Crippen molar-refractivity contribution in [3.63, 3.8) is 0 Å². The number of ketones is 1. The van der Waals surface area contributed by atoms with Crippen LogP contribution in [0.3, 0.4) is 0 Å². The summed E-state index contributed by atoms with van der Waals surface area (Å²) in [5, 5.41) is 22.6. The molecule has 0 aliphatic rings. The van der Waals surface area contributed by atoms with E-state index < -0.39 is 21.5 Å². The third-order valence-electron chi connectivity index (χ3n) is 4.20. The number of carbonyl (C=O) groups is 2. The molecule has 0 aliphatic heterocycles. The Kier molecular flexibility index (Phi) is 7.98. The molecule has 0 fully saturated rings. The van der Waals surface area contributed by atoms with Crippen molar-refractivity contribution in [2.75, 3.05) is 20.6 Å². The molecule has 0 aromatic heterocycles. The maximum absolute atomic E-state index is 12.3. The van der Waals surface area contributed by atoms with E-state index in [2.05, 4.69) is 5.43 Å². The Balaban J connectivity index is 1.95. The zero-order valence-corrected chi connectivity index (χ0v) is 18.5. The van der Waals surface area contributed by atoms with Crippen molar-refractivity contribution in [3.8, 4) is 0 Å². The number of nitro groups is 2. The molecule has 0 saturated heterocycles. The topological polar surface area (TPSA) is 139 Å². The highest BCUT2D eigenvalue weighted by Gasteiger charge is 2.21. The van der Waals surface area contributed by atoms with Gasteiger partial charge in [0.05, 0.1) is 16.4 Å². The predicted molar refractivity (Wildman–Crippen MR) is 123 cm³/mol. The number of hydrazine groups is 1. The van der Waals surface area contributed by atoms with Gasteiger partial charge < -0.3 is 4.90 Å².